The van der Waals surface area contributed by atoms with E-state index >= 15 is 0 Å². The van der Waals surface area contributed by atoms with Gasteiger partial charge in [0.25, 0.3) is 0 Å². The molecule has 0 saturated carbocycles. The lowest BCUT2D eigenvalue weighted by atomic mass is 10.1. The van der Waals surface area contributed by atoms with Gasteiger partial charge in [-0.25, -0.2) is 4.79 Å². The van der Waals surface area contributed by atoms with Crippen molar-refractivity contribution in [3.05, 3.63) is 35.4 Å². The van der Waals surface area contributed by atoms with E-state index in [9.17, 15) is 4.79 Å². The first-order valence-electron chi connectivity index (χ1n) is 7.25. The number of nitrogens with one attached hydrogen (secondary N) is 1. The average Bonchev–Trinajstić information content (AvgIpc) is 2.95. The summed E-state index contributed by atoms with van der Waals surface area (Å²) in [6.07, 6.45) is 2.28. The first kappa shape index (κ1) is 14.9. The third kappa shape index (κ3) is 3.73. The highest BCUT2D eigenvalue weighted by Gasteiger charge is 2.24. The summed E-state index contributed by atoms with van der Waals surface area (Å²) < 4.78 is 5.60. The van der Waals surface area contributed by atoms with Gasteiger partial charge in [0, 0.05) is 20.2 Å². The Morgan fingerprint density at radius 3 is 2.90 bits per heavy atom. The molecule has 0 bridgehead atoms. The summed E-state index contributed by atoms with van der Waals surface area (Å²) >= 11 is 0. The van der Waals surface area contributed by atoms with Crippen LogP contribution in [0.3, 0.4) is 0 Å². The number of urea groups is 1. The first-order valence-corrected chi connectivity index (χ1v) is 7.25. The Morgan fingerprint density at radius 1 is 1.50 bits per heavy atom. The topological polar surface area (TPSA) is 41.6 Å². The molecule has 0 aliphatic carbocycles. The van der Waals surface area contributed by atoms with E-state index in [0.717, 1.165) is 19.4 Å². The Balaban J connectivity index is 1.87. The van der Waals surface area contributed by atoms with Crippen LogP contribution in [0.4, 0.5) is 4.79 Å². The van der Waals surface area contributed by atoms with Gasteiger partial charge >= 0.3 is 6.03 Å². The van der Waals surface area contributed by atoms with Gasteiger partial charge in [-0.3, -0.25) is 0 Å². The molecular formula is C16H24N2O2. The molecule has 0 aromatic heterocycles. The number of ether oxygens (including phenoxy) is 1. The molecule has 4 nitrogen and oxygen atoms in total. The normalized spacial score (nSPS) is 19.6. The van der Waals surface area contributed by atoms with Crippen molar-refractivity contribution in [2.45, 2.75) is 45.4 Å². The number of hydrogen-bond acceptors (Lipinski definition) is 2. The van der Waals surface area contributed by atoms with Crippen molar-refractivity contribution in [3.8, 4) is 0 Å². The molecule has 1 fully saturated rings. The molecule has 4 heteroatoms. The molecule has 2 atom stereocenters. The van der Waals surface area contributed by atoms with E-state index < -0.39 is 0 Å². The molecule has 1 saturated heterocycles. The molecule has 1 aromatic carbocycles. The predicted molar refractivity (Wildman–Crippen MR) is 79.6 cm³/mol. The van der Waals surface area contributed by atoms with Gasteiger partial charge in [-0.05, 0) is 37.8 Å². The fraction of sp³-hybridized carbons (Fsp3) is 0.562. The van der Waals surface area contributed by atoms with Crippen molar-refractivity contribution in [1.29, 1.82) is 0 Å². The van der Waals surface area contributed by atoms with Gasteiger partial charge in [0.1, 0.15) is 0 Å². The van der Waals surface area contributed by atoms with Crippen LogP contribution in [0.25, 0.3) is 0 Å². The second kappa shape index (κ2) is 6.75. The molecule has 2 rings (SSSR count). The zero-order valence-electron chi connectivity index (χ0n) is 12.6. The monoisotopic (exact) mass is 276 g/mol. The molecule has 1 aromatic rings. The number of hydrogen-bond donors (Lipinski definition) is 1. The summed E-state index contributed by atoms with van der Waals surface area (Å²) in [7, 11) is 1.82. The van der Waals surface area contributed by atoms with Gasteiger partial charge in [-0.15, -0.1) is 0 Å². The smallest absolute Gasteiger partial charge is 0.317 e. The average molecular weight is 276 g/mol. The molecular weight excluding hydrogens is 252 g/mol. The number of nitrogens with zero attached hydrogens (tertiary/aromatic N) is 1. The fourth-order valence-electron chi connectivity index (χ4n) is 2.51. The molecule has 2 unspecified atom stereocenters. The van der Waals surface area contributed by atoms with Crippen molar-refractivity contribution in [2.24, 2.45) is 0 Å². The number of benzene rings is 1. The van der Waals surface area contributed by atoms with Gasteiger partial charge in [0.2, 0.25) is 0 Å². The highest BCUT2D eigenvalue weighted by atomic mass is 16.5. The van der Waals surface area contributed by atoms with Crippen molar-refractivity contribution in [2.75, 3.05) is 13.7 Å². The molecule has 1 N–H and O–H groups in total. The third-order valence-electron chi connectivity index (χ3n) is 3.89. The Hall–Kier alpha value is -1.55. The summed E-state index contributed by atoms with van der Waals surface area (Å²) in [5.74, 6) is 0. The largest absolute Gasteiger partial charge is 0.376 e. The highest BCUT2D eigenvalue weighted by Crippen LogP contribution is 2.16. The lowest BCUT2D eigenvalue weighted by Gasteiger charge is -2.25. The van der Waals surface area contributed by atoms with Crippen LogP contribution in [-0.4, -0.2) is 36.7 Å². The second-order valence-electron chi connectivity index (χ2n) is 5.57. The minimum atomic E-state index is -0.0451. The van der Waals surface area contributed by atoms with Crippen molar-refractivity contribution >= 4 is 6.03 Å². The molecule has 1 aliphatic rings. The molecule has 0 radical (unpaired) electrons. The van der Waals surface area contributed by atoms with Gasteiger partial charge in [0.15, 0.2) is 0 Å². The quantitative estimate of drug-likeness (QED) is 0.918. The zero-order valence-corrected chi connectivity index (χ0v) is 12.6. The number of carbonyl (C=O) groups is 1. The van der Waals surface area contributed by atoms with Crippen LogP contribution in [0.5, 0.6) is 0 Å². The fourth-order valence-corrected chi connectivity index (χ4v) is 2.51. The van der Waals surface area contributed by atoms with E-state index in [4.69, 9.17) is 4.74 Å². The van der Waals surface area contributed by atoms with Crippen LogP contribution in [0.2, 0.25) is 0 Å². The Kier molecular flexibility index (Phi) is 5.01. The Morgan fingerprint density at radius 2 is 2.25 bits per heavy atom. The van der Waals surface area contributed by atoms with E-state index in [2.05, 4.69) is 24.4 Å². The zero-order chi connectivity index (χ0) is 14.5. The van der Waals surface area contributed by atoms with Gasteiger partial charge in [-0.2, -0.15) is 0 Å². The SMILES string of the molecule is Cc1ccccc1CN(C)C(=O)NC(C)C1CCCO1. The number of carbonyl (C=O) groups excluding carboxylic acids is 1. The number of aryl methyl sites for hydroxylation is 1. The maximum Gasteiger partial charge on any atom is 0.317 e. The molecule has 1 aliphatic heterocycles. The highest BCUT2D eigenvalue weighted by molar-refractivity contribution is 5.74. The Bertz CT molecular complexity index is 456. The summed E-state index contributed by atoms with van der Waals surface area (Å²) in [4.78, 5) is 13.9. The maximum atomic E-state index is 12.2. The lowest BCUT2D eigenvalue weighted by molar-refractivity contribution is 0.0838. The minimum absolute atomic E-state index is 0.0451. The van der Waals surface area contributed by atoms with Crippen molar-refractivity contribution < 1.29 is 9.53 Å². The van der Waals surface area contributed by atoms with Crippen LogP contribution in [-0.2, 0) is 11.3 Å². The van der Waals surface area contributed by atoms with E-state index in [0.29, 0.717) is 6.54 Å². The van der Waals surface area contributed by atoms with Gasteiger partial charge in [-0.1, -0.05) is 24.3 Å². The first-order chi connectivity index (χ1) is 9.58. The van der Waals surface area contributed by atoms with Crippen LogP contribution < -0.4 is 5.32 Å². The summed E-state index contributed by atoms with van der Waals surface area (Å²) in [5.41, 5.74) is 2.38. The van der Waals surface area contributed by atoms with Crippen LogP contribution in [0.1, 0.15) is 30.9 Å². The van der Waals surface area contributed by atoms with E-state index in [-0.39, 0.29) is 18.2 Å². The molecule has 0 spiro atoms. The van der Waals surface area contributed by atoms with Crippen LogP contribution in [0, 0.1) is 6.92 Å². The number of amides is 2. The third-order valence-corrected chi connectivity index (χ3v) is 3.89. The standard InChI is InChI=1S/C16H24N2O2/c1-12-7-4-5-8-14(12)11-18(3)16(19)17-13(2)15-9-6-10-20-15/h4-5,7-8,13,15H,6,9-11H2,1-3H3,(H,17,19). The lowest BCUT2D eigenvalue weighted by Crippen LogP contribution is -2.46. The summed E-state index contributed by atoms with van der Waals surface area (Å²) in [5, 5.41) is 3.02. The van der Waals surface area contributed by atoms with E-state index in [1.165, 1.54) is 11.1 Å². The second-order valence-corrected chi connectivity index (χ2v) is 5.57. The summed E-state index contributed by atoms with van der Waals surface area (Å²) in [6, 6.07) is 8.15. The predicted octanol–water partition coefficient (Wildman–Crippen LogP) is 2.70. The molecule has 20 heavy (non-hydrogen) atoms. The number of rotatable bonds is 4. The van der Waals surface area contributed by atoms with E-state index in [1.54, 1.807) is 4.90 Å². The molecule has 2 amide bonds. The van der Waals surface area contributed by atoms with Gasteiger partial charge in [0.05, 0.1) is 12.1 Å². The summed E-state index contributed by atoms with van der Waals surface area (Å²) in [6.45, 7) is 5.51. The minimum Gasteiger partial charge on any atom is -0.376 e. The van der Waals surface area contributed by atoms with Crippen molar-refractivity contribution in [3.63, 3.8) is 0 Å². The maximum absolute atomic E-state index is 12.2. The Labute approximate surface area is 121 Å². The van der Waals surface area contributed by atoms with Gasteiger partial charge < -0.3 is 15.0 Å². The van der Waals surface area contributed by atoms with E-state index in [1.807, 2.05) is 26.1 Å². The van der Waals surface area contributed by atoms with Crippen LogP contribution >= 0.6 is 0 Å². The van der Waals surface area contributed by atoms with Crippen molar-refractivity contribution in [1.82, 2.24) is 10.2 Å². The molecule has 1 heterocycles. The molecule has 110 valence electrons. The van der Waals surface area contributed by atoms with Crippen LogP contribution in [0.15, 0.2) is 24.3 Å².